The molecule has 0 atom stereocenters. The van der Waals surface area contributed by atoms with Crippen molar-refractivity contribution in [2.75, 3.05) is 6.61 Å². The Morgan fingerprint density at radius 1 is 1.42 bits per heavy atom. The number of aryl methyl sites for hydroxylation is 1. The minimum absolute atomic E-state index is 0.0599. The van der Waals surface area contributed by atoms with Crippen molar-refractivity contribution < 1.29 is 9.53 Å². The van der Waals surface area contributed by atoms with Crippen LogP contribution >= 0.6 is 0 Å². The molecule has 2 aromatic rings. The maximum atomic E-state index is 12.6. The van der Waals surface area contributed by atoms with E-state index in [2.05, 4.69) is 11.2 Å². The molecule has 5 nitrogen and oxygen atoms in total. The highest BCUT2D eigenvalue weighted by Crippen LogP contribution is 2.27. The number of nitrogens with zero attached hydrogens (tertiary/aromatic N) is 3. The first-order valence-electron chi connectivity index (χ1n) is 8.05. The molecular weight excluding hydrogens is 302 g/mol. The molecule has 0 saturated carbocycles. The Hall–Kier alpha value is -2.87. The standard InChI is InChI=1S/C19H19N3O2/c1-22-18-8-7-15(19(23)17(18)13-21-22)11-14-5-4-6-16(12-14)24-10-3-2-9-20/h4-6,11-13H,2-3,7-8,10H2,1H3/b15-11+. The van der Waals surface area contributed by atoms with Gasteiger partial charge in [0.2, 0.25) is 0 Å². The van der Waals surface area contributed by atoms with Crippen molar-refractivity contribution in [1.82, 2.24) is 9.78 Å². The summed E-state index contributed by atoms with van der Waals surface area (Å²) in [6.45, 7) is 0.519. The Kier molecular flexibility index (Phi) is 4.76. The molecule has 0 aliphatic heterocycles. The fourth-order valence-electron chi connectivity index (χ4n) is 2.86. The van der Waals surface area contributed by atoms with Crippen LogP contribution in [-0.4, -0.2) is 22.2 Å². The largest absolute Gasteiger partial charge is 0.494 e. The van der Waals surface area contributed by atoms with Gasteiger partial charge >= 0.3 is 0 Å². The van der Waals surface area contributed by atoms with E-state index >= 15 is 0 Å². The SMILES string of the molecule is Cn1ncc2c1CC/C(=C\c1cccc(OCCCC#N)c1)C2=O. The summed E-state index contributed by atoms with van der Waals surface area (Å²) < 4.78 is 7.42. The Labute approximate surface area is 141 Å². The van der Waals surface area contributed by atoms with Gasteiger partial charge in [0.1, 0.15) is 5.75 Å². The first-order chi connectivity index (χ1) is 11.7. The first-order valence-corrected chi connectivity index (χ1v) is 8.05. The molecule has 0 unspecified atom stereocenters. The number of Topliss-reactive ketones (excluding diaryl/α,β-unsaturated/α-hetero) is 1. The number of ketones is 1. The van der Waals surface area contributed by atoms with Gasteiger partial charge in [0.15, 0.2) is 5.78 Å². The second-order valence-corrected chi connectivity index (χ2v) is 5.81. The lowest BCUT2D eigenvalue weighted by atomic mass is 9.90. The van der Waals surface area contributed by atoms with Crippen LogP contribution in [0.2, 0.25) is 0 Å². The number of carbonyl (C=O) groups is 1. The molecule has 0 fully saturated rings. The van der Waals surface area contributed by atoms with Crippen LogP contribution in [0, 0.1) is 11.3 Å². The summed E-state index contributed by atoms with van der Waals surface area (Å²) in [6.07, 6.45) is 6.34. The van der Waals surface area contributed by atoms with Crippen molar-refractivity contribution in [3.63, 3.8) is 0 Å². The summed E-state index contributed by atoms with van der Waals surface area (Å²) in [5.41, 5.74) is 3.46. The van der Waals surface area contributed by atoms with E-state index in [-0.39, 0.29) is 5.78 Å². The zero-order valence-corrected chi connectivity index (χ0v) is 13.7. The number of rotatable bonds is 5. The summed E-state index contributed by atoms with van der Waals surface area (Å²) in [5, 5.41) is 12.7. The van der Waals surface area contributed by atoms with Crippen molar-refractivity contribution in [2.24, 2.45) is 7.05 Å². The number of benzene rings is 1. The third-order valence-corrected chi connectivity index (χ3v) is 4.13. The molecule has 0 bridgehead atoms. The van der Waals surface area contributed by atoms with Crippen LogP contribution in [0.5, 0.6) is 5.75 Å². The molecule has 1 aromatic carbocycles. The Morgan fingerprint density at radius 2 is 2.29 bits per heavy atom. The molecule has 0 amide bonds. The van der Waals surface area contributed by atoms with Crippen molar-refractivity contribution in [3.05, 3.63) is 52.9 Å². The lowest BCUT2D eigenvalue weighted by molar-refractivity contribution is 0.102. The number of hydrogen-bond donors (Lipinski definition) is 0. The molecule has 1 heterocycles. The van der Waals surface area contributed by atoms with Gasteiger partial charge in [0.05, 0.1) is 24.4 Å². The molecule has 5 heteroatoms. The minimum atomic E-state index is 0.0599. The first kappa shape index (κ1) is 16.0. The van der Waals surface area contributed by atoms with Crippen molar-refractivity contribution in [1.29, 1.82) is 5.26 Å². The minimum Gasteiger partial charge on any atom is -0.494 e. The third kappa shape index (κ3) is 3.38. The fourth-order valence-corrected chi connectivity index (χ4v) is 2.86. The van der Waals surface area contributed by atoms with E-state index in [0.29, 0.717) is 25.0 Å². The lowest BCUT2D eigenvalue weighted by Gasteiger charge is -2.14. The van der Waals surface area contributed by atoms with Crippen molar-refractivity contribution >= 4 is 11.9 Å². The summed E-state index contributed by atoms with van der Waals surface area (Å²) in [6, 6.07) is 9.78. The van der Waals surface area contributed by atoms with Gasteiger partial charge < -0.3 is 4.74 Å². The number of unbranched alkanes of at least 4 members (excludes halogenated alkanes) is 1. The van der Waals surface area contributed by atoms with E-state index in [0.717, 1.165) is 35.4 Å². The van der Waals surface area contributed by atoms with Gasteiger partial charge in [-0.15, -0.1) is 0 Å². The Bertz CT molecular complexity index is 827. The normalized spacial score (nSPS) is 15.2. The molecule has 1 aliphatic carbocycles. The zero-order valence-electron chi connectivity index (χ0n) is 13.7. The van der Waals surface area contributed by atoms with Gasteiger partial charge in [-0.25, -0.2) is 0 Å². The number of aromatic nitrogens is 2. The Morgan fingerprint density at radius 3 is 3.12 bits per heavy atom. The highest BCUT2D eigenvalue weighted by atomic mass is 16.5. The molecule has 0 radical (unpaired) electrons. The quantitative estimate of drug-likeness (QED) is 0.626. The summed E-state index contributed by atoms with van der Waals surface area (Å²) in [4.78, 5) is 12.6. The maximum Gasteiger partial charge on any atom is 0.192 e. The van der Waals surface area contributed by atoms with E-state index in [1.807, 2.05) is 37.4 Å². The molecule has 0 saturated heterocycles. The van der Waals surface area contributed by atoms with Gasteiger partial charge in [-0.05, 0) is 43.0 Å². The van der Waals surface area contributed by atoms with E-state index in [9.17, 15) is 4.79 Å². The van der Waals surface area contributed by atoms with Crippen molar-refractivity contribution in [3.8, 4) is 11.8 Å². The summed E-state index contributed by atoms with van der Waals surface area (Å²) in [5.74, 6) is 0.817. The van der Waals surface area contributed by atoms with Crippen LogP contribution in [-0.2, 0) is 13.5 Å². The van der Waals surface area contributed by atoms with Gasteiger partial charge in [-0.1, -0.05) is 12.1 Å². The molecule has 24 heavy (non-hydrogen) atoms. The molecule has 0 N–H and O–H groups in total. The van der Waals surface area contributed by atoms with Gasteiger partial charge in [-0.2, -0.15) is 10.4 Å². The van der Waals surface area contributed by atoms with Gasteiger partial charge in [-0.3, -0.25) is 9.48 Å². The topological polar surface area (TPSA) is 67.9 Å². The smallest absolute Gasteiger partial charge is 0.192 e. The highest BCUT2D eigenvalue weighted by molar-refractivity contribution is 6.12. The number of nitriles is 1. The predicted octanol–water partition coefficient (Wildman–Crippen LogP) is 3.32. The molecule has 3 rings (SSSR count). The van der Waals surface area contributed by atoms with Gasteiger partial charge in [0.25, 0.3) is 0 Å². The van der Waals surface area contributed by atoms with Crippen LogP contribution in [0.15, 0.2) is 36.0 Å². The van der Waals surface area contributed by atoms with Crippen LogP contribution in [0.3, 0.4) is 0 Å². The number of ether oxygens (including phenoxy) is 1. The number of allylic oxidation sites excluding steroid dienone is 1. The Balaban J connectivity index is 1.75. The maximum absolute atomic E-state index is 12.6. The molecule has 1 aromatic heterocycles. The molecule has 0 spiro atoms. The number of hydrogen-bond acceptors (Lipinski definition) is 4. The molecular formula is C19H19N3O2. The number of carbonyl (C=O) groups excluding carboxylic acids is 1. The van der Waals surface area contributed by atoms with E-state index in [1.165, 1.54) is 0 Å². The van der Waals surface area contributed by atoms with Gasteiger partial charge in [0, 0.05) is 24.7 Å². The monoisotopic (exact) mass is 321 g/mol. The van der Waals surface area contributed by atoms with Crippen LogP contribution in [0.25, 0.3) is 6.08 Å². The van der Waals surface area contributed by atoms with Crippen LogP contribution in [0.4, 0.5) is 0 Å². The number of fused-ring (bicyclic) bond motifs is 1. The van der Waals surface area contributed by atoms with Crippen molar-refractivity contribution in [2.45, 2.75) is 25.7 Å². The van der Waals surface area contributed by atoms with E-state index in [4.69, 9.17) is 10.00 Å². The third-order valence-electron chi connectivity index (χ3n) is 4.13. The second-order valence-electron chi connectivity index (χ2n) is 5.81. The van der Waals surface area contributed by atoms with E-state index < -0.39 is 0 Å². The highest BCUT2D eigenvalue weighted by Gasteiger charge is 2.24. The van der Waals surface area contributed by atoms with Crippen LogP contribution in [0.1, 0.15) is 40.9 Å². The lowest BCUT2D eigenvalue weighted by Crippen LogP contribution is -2.14. The second kappa shape index (κ2) is 7.14. The average Bonchev–Trinajstić information content (AvgIpc) is 2.97. The zero-order chi connectivity index (χ0) is 16.9. The summed E-state index contributed by atoms with van der Waals surface area (Å²) in [7, 11) is 1.87. The predicted molar refractivity (Wildman–Crippen MR) is 90.6 cm³/mol. The summed E-state index contributed by atoms with van der Waals surface area (Å²) >= 11 is 0. The fraction of sp³-hybridized carbons (Fsp3) is 0.316. The van der Waals surface area contributed by atoms with Crippen LogP contribution < -0.4 is 4.74 Å². The van der Waals surface area contributed by atoms with E-state index in [1.54, 1.807) is 10.9 Å². The molecule has 122 valence electrons. The average molecular weight is 321 g/mol. The molecule has 1 aliphatic rings.